The molecule has 0 saturated heterocycles. The molecule has 1 heterocycles. The molecular formula is C19H16Cl2N4O2. The highest BCUT2D eigenvalue weighted by Gasteiger charge is 2.21. The first-order valence-electron chi connectivity index (χ1n) is 8.10. The van der Waals surface area contributed by atoms with Crippen LogP contribution in [0.5, 0.6) is 0 Å². The second kappa shape index (κ2) is 8.24. The van der Waals surface area contributed by atoms with Gasteiger partial charge in [0.1, 0.15) is 10.7 Å². The Morgan fingerprint density at radius 2 is 1.67 bits per heavy atom. The molecule has 138 valence electrons. The Morgan fingerprint density at radius 3 is 2.33 bits per heavy atom. The Morgan fingerprint density at radius 1 is 1.00 bits per heavy atom. The lowest BCUT2D eigenvalue weighted by Gasteiger charge is -2.08. The summed E-state index contributed by atoms with van der Waals surface area (Å²) < 4.78 is 1.47. The summed E-state index contributed by atoms with van der Waals surface area (Å²) >= 11 is 12.2. The average Bonchev–Trinajstić information content (AvgIpc) is 2.97. The van der Waals surface area contributed by atoms with E-state index in [1.54, 1.807) is 31.2 Å². The average molecular weight is 403 g/mol. The van der Waals surface area contributed by atoms with Crippen LogP contribution in [0.3, 0.4) is 0 Å². The summed E-state index contributed by atoms with van der Waals surface area (Å²) in [7, 11) is 0. The summed E-state index contributed by atoms with van der Waals surface area (Å²) in [5.41, 5.74) is 6.92. The van der Waals surface area contributed by atoms with Crippen molar-refractivity contribution in [1.29, 1.82) is 0 Å². The summed E-state index contributed by atoms with van der Waals surface area (Å²) in [5, 5.41) is 5.06. The minimum absolute atomic E-state index is 0.105. The maximum absolute atomic E-state index is 12.5. The Hall–Kier alpha value is -2.83. The first-order chi connectivity index (χ1) is 13.0. The number of carbonyl (C=O) groups is 2. The van der Waals surface area contributed by atoms with E-state index in [4.69, 9.17) is 23.2 Å². The van der Waals surface area contributed by atoms with E-state index < -0.39 is 5.91 Å². The maximum Gasteiger partial charge on any atom is 0.274 e. The van der Waals surface area contributed by atoms with Crippen molar-refractivity contribution in [3.63, 3.8) is 0 Å². The van der Waals surface area contributed by atoms with Gasteiger partial charge in [-0.1, -0.05) is 53.5 Å². The van der Waals surface area contributed by atoms with Gasteiger partial charge < -0.3 is 0 Å². The highest BCUT2D eigenvalue weighted by molar-refractivity contribution is 6.33. The molecular weight excluding hydrogens is 387 g/mol. The van der Waals surface area contributed by atoms with Crippen molar-refractivity contribution < 1.29 is 9.59 Å². The fraction of sp³-hybridized carbons (Fsp3) is 0.105. The molecule has 27 heavy (non-hydrogen) atoms. The Kier molecular flexibility index (Phi) is 5.78. The van der Waals surface area contributed by atoms with Gasteiger partial charge in [-0.25, -0.2) is 4.68 Å². The van der Waals surface area contributed by atoms with Crippen molar-refractivity contribution >= 4 is 35.0 Å². The van der Waals surface area contributed by atoms with Gasteiger partial charge in [0.25, 0.3) is 5.91 Å². The number of nitrogens with zero attached hydrogens (tertiary/aromatic N) is 2. The fourth-order valence-corrected chi connectivity index (χ4v) is 3.00. The summed E-state index contributed by atoms with van der Waals surface area (Å²) in [6.07, 6.45) is 0.105. The topological polar surface area (TPSA) is 76.0 Å². The molecule has 0 saturated carbocycles. The largest absolute Gasteiger partial charge is 0.274 e. The molecule has 0 aliphatic rings. The van der Waals surface area contributed by atoms with Crippen LogP contribution in [0.15, 0.2) is 54.6 Å². The number of hydrogen-bond donors (Lipinski definition) is 2. The zero-order chi connectivity index (χ0) is 19.4. The van der Waals surface area contributed by atoms with Crippen LogP contribution in [0.1, 0.15) is 21.6 Å². The lowest BCUT2D eigenvalue weighted by molar-refractivity contribution is -0.121. The SMILES string of the molecule is Cc1nn(-c2ccccc2)c(Cl)c1C(=O)NNC(=O)Cc1ccc(Cl)cc1. The minimum Gasteiger partial charge on any atom is -0.273 e. The molecule has 1 aromatic heterocycles. The molecule has 3 aromatic rings. The Balaban J connectivity index is 1.67. The van der Waals surface area contributed by atoms with Crippen LogP contribution in [-0.2, 0) is 11.2 Å². The van der Waals surface area contributed by atoms with E-state index in [0.717, 1.165) is 11.3 Å². The fourth-order valence-electron chi connectivity index (χ4n) is 2.52. The first kappa shape index (κ1) is 18.9. The molecule has 0 bridgehead atoms. The standard InChI is InChI=1S/C19H16Cl2N4O2/c1-12-17(18(21)25(24-12)15-5-3-2-4-6-15)19(27)23-22-16(26)11-13-7-9-14(20)10-8-13/h2-10H,11H2,1H3,(H,22,26)(H,23,27). The molecule has 2 aromatic carbocycles. The van der Waals surface area contributed by atoms with Crippen molar-refractivity contribution in [2.24, 2.45) is 0 Å². The smallest absolute Gasteiger partial charge is 0.273 e. The van der Waals surface area contributed by atoms with Crippen LogP contribution in [0, 0.1) is 6.92 Å². The van der Waals surface area contributed by atoms with Crippen LogP contribution >= 0.6 is 23.2 Å². The van der Waals surface area contributed by atoms with Crippen LogP contribution in [0.4, 0.5) is 0 Å². The third-order valence-corrected chi connectivity index (χ3v) is 4.43. The van der Waals surface area contributed by atoms with Crippen LogP contribution in [0.25, 0.3) is 5.69 Å². The molecule has 2 amide bonds. The van der Waals surface area contributed by atoms with Gasteiger partial charge in [0, 0.05) is 5.02 Å². The maximum atomic E-state index is 12.5. The van der Waals surface area contributed by atoms with E-state index >= 15 is 0 Å². The molecule has 6 nitrogen and oxygen atoms in total. The number of carbonyl (C=O) groups excluding carboxylic acids is 2. The van der Waals surface area contributed by atoms with E-state index in [-0.39, 0.29) is 23.0 Å². The molecule has 0 aliphatic carbocycles. The predicted octanol–water partition coefficient (Wildman–Crippen LogP) is 3.49. The van der Waals surface area contributed by atoms with E-state index in [1.165, 1.54) is 4.68 Å². The summed E-state index contributed by atoms with van der Waals surface area (Å²) in [6, 6.07) is 16.1. The van der Waals surface area contributed by atoms with Gasteiger partial charge >= 0.3 is 0 Å². The number of amides is 2. The monoisotopic (exact) mass is 402 g/mol. The number of hydrogen-bond acceptors (Lipinski definition) is 3. The van der Waals surface area contributed by atoms with Crippen LogP contribution in [0.2, 0.25) is 10.2 Å². The van der Waals surface area contributed by atoms with Crippen molar-refractivity contribution in [1.82, 2.24) is 20.6 Å². The second-order valence-electron chi connectivity index (χ2n) is 5.80. The van der Waals surface area contributed by atoms with E-state index in [9.17, 15) is 9.59 Å². The van der Waals surface area contributed by atoms with E-state index in [0.29, 0.717) is 10.7 Å². The molecule has 0 unspecified atom stereocenters. The van der Waals surface area contributed by atoms with Gasteiger partial charge in [-0.05, 0) is 36.8 Å². The minimum atomic E-state index is -0.538. The Labute approximate surface area is 166 Å². The summed E-state index contributed by atoms with van der Waals surface area (Å²) in [4.78, 5) is 24.5. The summed E-state index contributed by atoms with van der Waals surface area (Å²) in [6.45, 7) is 1.68. The number of para-hydroxylation sites is 1. The second-order valence-corrected chi connectivity index (χ2v) is 6.60. The van der Waals surface area contributed by atoms with Crippen molar-refractivity contribution in [3.05, 3.63) is 81.6 Å². The van der Waals surface area contributed by atoms with Gasteiger partial charge in [-0.15, -0.1) is 0 Å². The number of halogens is 2. The zero-order valence-electron chi connectivity index (χ0n) is 14.4. The van der Waals surface area contributed by atoms with Gasteiger partial charge in [0.15, 0.2) is 0 Å². The number of hydrazine groups is 1. The molecule has 0 atom stereocenters. The molecule has 0 radical (unpaired) electrons. The number of nitrogens with one attached hydrogen (secondary N) is 2. The summed E-state index contributed by atoms with van der Waals surface area (Å²) in [5.74, 6) is -0.904. The number of aryl methyl sites for hydroxylation is 1. The molecule has 0 spiro atoms. The van der Waals surface area contributed by atoms with E-state index in [2.05, 4.69) is 16.0 Å². The zero-order valence-corrected chi connectivity index (χ0v) is 15.9. The number of benzene rings is 2. The molecule has 3 rings (SSSR count). The first-order valence-corrected chi connectivity index (χ1v) is 8.85. The predicted molar refractivity (Wildman–Crippen MR) is 104 cm³/mol. The molecule has 0 fully saturated rings. The third kappa shape index (κ3) is 4.48. The van der Waals surface area contributed by atoms with Gasteiger partial charge in [0.2, 0.25) is 5.91 Å². The number of aromatic nitrogens is 2. The third-order valence-electron chi connectivity index (χ3n) is 3.83. The molecule has 0 aliphatic heterocycles. The Bertz CT molecular complexity index is 969. The number of rotatable bonds is 4. The van der Waals surface area contributed by atoms with Crippen LogP contribution in [-0.4, -0.2) is 21.6 Å². The lowest BCUT2D eigenvalue weighted by Crippen LogP contribution is -2.42. The van der Waals surface area contributed by atoms with Gasteiger partial charge in [0.05, 0.1) is 17.8 Å². The van der Waals surface area contributed by atoms with E-state index in [1.807, 2.05) is 30.3 Å². The highest BCUT2D eigenvalue weighted by atomic mass is 35.5. The van der Waals surface area contributed by atoms with Gasteiger partial charge in [-0.3, -0.25) is 20.4 Å². The van der Waals surface area contributed by atoms with Crippen molar-refractivity contribution in [2.75, 3.05) is 0 Å². The van der Waals surface area contributed by atoms with Crippen molar-refractivity contribution in [2.45, 2.75) is 13.3 Å². The lowest BCUT2D eigenvalue weighted by atomic mass is 10.1. The normalized spacial score (nSPS) is 10.5. The van der Waals surface area contributed by atoms with Crippen LogP contribution < -0.4 is 10.9 Å². The molecule has 2 N–H and O–H groups in total. The highest BCUT2D eigenvalue weighted by Crippen LogP contribution is 2.23. The quantitative estimate of drug-likeness (QED) is 0.655. The van der Waals surface area contributed by atoms with Gasteiger partial charge in [-0.2, -0.15) is 5.10 Å². The van der Waals surface area contributed by atoms with Crippen molar-refractivity contribution in [3.8, 4) is 5.69 Å². The molecule has 8 heteroatoms.